The van der Waals surface area contributed by atoms with Crippen molar-refractivity contribution < 1.29 is 28.6 Å². The van der Waals surface area contributed by atoms with Crippen LogP contribution >= 0.6 is 0 Å². The Hall–Kier alpha value is -2.38. The van der Waals surface area contributed by atoms with Crippen LogP contribution in [-0.4, -0.2) is 69.6 Å². The van der Waals surface area contributed by atoms with E-state index in [9.17, 15) is 19.6 Å². The normalized spacial score (nSPS) is 24.8. The van der Waals surface area contributed by atoms with Crippen LogP contribution in [0.25, 0.3) is 0 Å². The van der Waals surface area contributed by atoms with Crippen LogP contribution in [0, 0.1) is 29.1 Å². The summed E-state index contributed by atoms with van der Waals surface area (Å²) in [7, 11) is 1.61. The molecular formula is C22H36N4O6. The molecule has 2 rings (SSSR count). The molecule has 10 nitrogen and oxygen atoms in total. The maximum atomic E-state index is 12.9. The zero-order chi connectivity index (χ0) is 23.5. The average Bonchev–Trinajstić information content (AvgIpc) is 3.18. The minimum absolute atomic E-state index is 0.0442. The number of methoxy groups -OCH3 is 1. The molecular weight excluding hydrogens is 416 g/mol. The monoisotopic (exact) mass is 452 g/mol. The molecule has 0 aromatic carbocycles. The molecule has 0 aliphatic carbocycles. The lowest BCUT2D eigenvalue weighted by Gasteiger charge is -2.26. The molecule has 2 heterocycles. The van der Waals surface area contributed by atoms with Gasteiger partial charge in [-0.05, 0) is 38.0 Å². The molecule has 5 atom stereocenters. The molecule has 0 aromatic heterocycles. The Kier molecular flexibility index (Phi) is 10.7. The largest absolute Gasteiger partial charge is 0.443 e. The van der Waals surface area contributed by atoms with E-state index in [-0.39, 0.29) is 30.1 Å². The van der Waals surface area contributed by atoms with Gasteiger partial charge in [0.25, 0.3) is 0 Å². The highest BCUT2D eigenvalue weighted by atomic mass is 16.6. The van der Waals surface area contributed by atoms with Gasteiger partial charge in [-0.2, -0.15) is 5.26 Å². The number of carbonyl (C=O) groups is 3. The minimum Gasteiger partial charge on any atom is -0.443 e. The Morgan fingerprint density at radius 1 is 1.31 bits per heavy atom. The lowest BCUT2D eigenvalue weighted by Crippen LogP contribution is -2.51. The van der Waals surface area contributed by atoms with Gasteiger partial charge in [-0.15, -0.1) is 0 Å². The summed E-state index contributed by atoms with van der Waals surface area (Å²) in [5.74, 6) is -0.686. The second kappa shape index (κ2) is 13.2. The van der Waals surface area contributed by atoms with E-state index in [0.29, 0.717) is 45.6 Å². The quantitative estimate of drug-likeness (QED) is 0.427. The molecule has 2 aliphatic heterocycles. The summed E-state index contributed by atoms with van der Waals surface area (Å²) in [5.41, 5.74) is 0. The van der Waals surface area contributed by atoms with Crippen molar-refractivity contribution >= 4 is 17.9 Å². The maximum absolute atomic E-state index is 12.9. The Morgan fingerprint density at radius 3 is 2.75 bits per heavy atom. The van der Waals surface area contributed by atoms with E-state index in [1.807, 2.05) is 13.8 Å². The van der Waals surface area contributed by atoms with Crippen LogP contribution in [0.2, 0.25) is 0 Å². The molecule has 180 valence electrons. The fraction of sp³-hybridized carbons (Fsp3) is 0.818. The van der Waals surface area contributed by atoms with E-state index in [4.69, 9.17) is 14.2 Å². The first-order valence-corrected chi connectivity index (χ1v) is 11.4. The maximum Gasteiger partial charge on any atom is 0.408 e. The number of piperidine rings is 1. The van der Waals surface area contributed by atoms with Crippen molar-refractivity contribution in [1.82, 2.24) is 16.0 Å². The van der Waals surface area contributed by atoms with E-state index < -0.39 is 30.2 Å². The number of nitrogens with one attached hydrogen (secondary N) is 3. The number of hydrogen-bond donors (Lipinski definition) is 3. The smallest absolute Gasteiger partial charge is 0.408 e. The summed E-state index contributed by atoms with van der Waals surface area (Å²) in [6, 6.07) is 0.399. The van der Waals surface area contributed by atoms with Crippen molar-refractivity contribution in [2.75, 3.05) is 33.5 Å². The molecule has 32 heavy (non-hydrogen) atoms. The summed E-state index contributed by atoms with van der Waals surface area (Å²) in [6.07, 6.45) is 1.79. The highest BCUT2D eigenvalue weighted by molar-refractivity contribution is 5.86. The Bertz CT molecular complexity index is 680. The molecule has 2 saturated heterocycles. The average molecular weight is 453 g/mol. The summed E-state index contributed by atoms with van der Waals surface area (Å²) in [6.45, 7) is 5.86. The third-order valence-electron chi connectivity index (χ3n) is 5.80. The van der Waals surface area contributed by atoms with E-state index in [2.05, 4.69) is 22.0 Å². The third kappa shape index (κ3) is 8.28. The summed E-state index contributed by atoms with van der Waals surface area (Å²) in [4.78, 5) is 37.4. The van der Waals surface area contributed by atoms with Gasteiger partial charge in [0.2, 0.25) is 11.8 Å². The molecule has 2 aliphatic rings. The van der Waals surface area contributed by atoms with Gasteiger partial charge in [-0.1, -0.05) is 13.8 Å². The third-order valence-corrected chi connectivity index (χ3v) is 5.80. The number of carbonyl (C=O) groups excluding carboxylic acids is 3. The van der Waals surface area contributed by atoms with Gasteiger partial charge in [0.1, 0.15) is 18.2 Å². The van der Waals surface area contributed by atoms with Crippen LogP contribution in [0.5, 0.6) is 0 Å². The number of nitriles is 1. The summed E-state index contributed by atoms with van der Waals surface area (Å²) in [5, 5.41) is 17.6. The standard InChI is InChI=1S/C22H36N4O6/c1-14(2)9-18(26-22(29)32-19-13-31-12-16(19)6-8-30-3)21(28)25-17(11-23)10-15-5-4-7-24-20(15)27/h14-19H,4-10,12-13H2,1-3H3,(H,24,27)(H,25,28)(H,26,29)/t15-,16+,17-,18-,19-/m0/s1. The second-order valence-corrected chi connectivity index (χ2v) is 8.91. The number of rotatable bonds is 11. The highest BCUT2D eigenvalue weighted by Gasteiger charge is 2.33. The van der Waals surface area contributed by atoms with E-state index in [1.54, 1.807) is 7.11 Å². The van der Waals surface area contributed by atoms with Gasteiger partial charge in [0, 0.05) is 32.1 Å². The van der Waals surface area contributed by atoms with Gasteiger partial charge in [-0.25, -0.2) is 4.79 Å². The van der Waals surface area contributed by atoms with Gasteiger partial charge in [0.05, 0.1) is 19.3 Å². The van der Waals surface area contributed by atoms with Gasteiger partial charge < -0.3 is 30.2 Å². The number of amides is 3. The number of ether oxygens (including phenoxy) is 3. The molecule has 2 fully saturated rings. The second-order valence-electron chi connectivity index (χ2n) is 8.91. The van der Waals surface area contributed by atoms with E-state index in [1.165, 1.54) is 0 Å². The molecule has 3 amide bonds. The minimum atomic E-state index is -0.849. The van der Waals surface area contributed by atoms with Crippen LogP contribution < -0.4 is 16.0 Å². The molecule has 10 heteroatoms. The Labute approximate surface area is 189 Å². The van der Waals surface area contributed by atoms with Crippen molar-refractivity contribution in [3.8, 4) is 6.07 Å². The number of nitrogens with zero attached hydrogens (tertiary/aromatic N) is 1. The number of hydrogen-bond acceptors (Lipinski definition) is 7. The number of alkyl carbamates (subject to hydrolysis) is 1. The fourth-order valence-electron chi connectivity index (χ4n) is 4.03. The van der Waals surface area contributed by atoms with E-state index in [0.717, 1.165) is 6.42 Å². The lowest BCUT2D eigenvalue weighted by atomic mass is 9.91. The summed E-state index contributed by atoms with van der Waals surface area (Å²) < 4.78 is 16.0. The molecule has 0 unspecified atom stereocenters. The lowest BCUT2D eigenvalue weighted by molar-refractivity contribution is -0.128. The Morgan fingerprint density at radius 2 is 2.09 bits per heavy atom. The van der Waals surface area contributed by atoms with Gasteiger partial charge in [-0.3, -0.25) is 9.59 Å². The van der Waals surface area contributed by atoms with Crippen molar-refractivity contribution in [3.05, 3.63) is 0 Å². The van der Waals surface area contributed by atoms with Crippen LogP contribution in [0.15, 0.2) is 0 Å². The summed E-state index contributed by atoms with van der Waals surface area (Å²) >= 11 is 0. The van der Waals surface area contributed by atoms with Crippen molar-refractivity contribution in [2.45, 2.75) is 64.1 Å². The van der Waals surface area contributed by atoms with Crippen LogP contribution in [0.1, 0.15) is 46.0 Å². The van der Waals surface area contributed by atoms with Gasteiger partial charge in [0.15, 0.2) is 0 Å². The Balaban J connectivity index is 1.92. The van der Waals surface area contributed by atoms with Crippen LogP contribution in [-0.2, 0) is 23.8 Å². The van der Waals surface area contributed by atoms with Crippen LogP contribution in [0.4, 0.5) is 4.79 Å². The topological polar surface area (TPSA) is 139 Å². The molecule has 0 radical (unpaired) electrons. The zero-order valence-electron chi connectivity index (χ0n) is 19.2. The first kappa shape index (κ1) is 25.9. The first-order valence-electron chi connectivity index (χ1n) is 11.4. The van der Waals surface area contributed by atoms with E-state index >= 15 is 0 Å². The SMILES string of the molecule is COCC[C@@H]1COC[C@@H]1OC(=O)N[C@@H](CC(C)C)C(=O)N[C@H](C#N)C[C@@H]1CCCNC1=O. The van der Waals surface area contributed by atoms with Crippen LogP contribution in [0.3, 0.4) is 0 Å². The molecule has 0 saturated carbocycles. The van der Waals surface area contributed by atoms with Crippen molar-refractivity contribution in [3.63, 3.8) is 0 Å². The molecule has 0 bridgehead atoms. The van der Waals surface area contributed by atoms with Gasteiger partial charge >= 0.3 is 6.09 Å². The predicted molar refractivity (Wildman–Crippen MR) is 115 cm³/mol. The molecule has 0 spiro atoms. The first-order chi connectivity index (χ1) is 15.3. The molecule has 0 aromatic rings. The zero-order valence-corrected chi connectivity index (χ0v) is 19.2. The highest BCUT2D eigenvalue weighted by Crippen LogP contribution is 2.21. The van der Waals surface area contributed by atoms with Crippen molar-refractivity contribution in [1.29, 1.82) is 5.26 Å². The molecule has 3 N–H and O–H groups in total. The van der Waals surface area contributed by atoms with Crippen molar-refractivity contribution in [2.24, 2.45) is 17.8 Å². The predicted octanol–water partition coefficient (Wildman–Crippen LogP) is 1.10. The fourth-order valence-corrected chi connectivity index (χ4v) is 4.03.